The Bertz CT molecular complexity index is 607. The Morgan fingerprint density at radius 2 is 2.19 bits per heavy atom. The molecular weight excluding hydrogens is 254 g/mol. The Hall–Kier alpha value is -1.66. The van der Waals surface area contributed by atoms with Crippen LogP contribution in [0.3, 0.4) is 0 Å². The van der Waals surface area contributed by atoms with E-state index < -0.39 is 10.9 Å². The maximum Gasteiger partial charge on any atom is 0.345 e. The van der Waals surface area contributed by atoms with E-state index in [0.717, 1.165) is 11.3 Å². The second-order valence-electron chi connectivity index (χ2n) is 2.98. The standard InChI is InChI=1S/C9H4ClNO4S/c10-5-1-2-6(11(14)15)8-4(5)3-7(16-8)9(12)13/h1-3H,(H,12,13). The number of rotatable bonds is 2. The number of hydrogen-bond acceptors (Lipinski definition) is 4. The van der Waals surface area contributed by atoms with Crippen LogP contribution in [0.2, 0.25) is 5.02 Å². The molecule has 0 aliphatic rings. The van der Waals surface area contributed by atoms with Crippen LogP contribution in [0.4, 0.5) is 5.69 Å². The van der Waals surface area contributed by atoms with Gasteiger partial charge in [-0.2, -0.15) is 0 Å². The molecule has 0 bridgehead atoms. The predicted molar refractivity (Wildman–Crippen MR) is 60.4 cm³/mol. The number of fused-ring (bicyclic) bond motifs is 1. The molecule has 1 aromatic heterocycles. The summed E-state index contributed by atoms with van der Waals surface area (Å²) in [6, 6.07) is 4.00. The van der Waals surface area contributed by atoms with Crippen molar-refractivity contribution in [2.45, 2.75) is 0 Å². The highest BCUT2D eigenvalue weighted by Crippen LogP contribution is 2.37. The van der Waals surface area contributed by atoms with E-state index >= 15 is 0 Å². The molecule has 0 atom stereocenters. The van der Waals surface area contributed by atoms with Gasteiger partial charge in [-0.3, -0.25) is 10.1 Å². The highest BCUT2D eigenvalue weighted by Gasteiger charge is 2.19. The lowest BCUT2D eigenvalue weighted by Gasteiger charge is -1.94. The summed E-state index contributed by atoms with van der Waals surface area (Å²) in [5, 5.41) is 20.2. The smallest absolute Gasteiger partial charge is 0.345 e. The van der Waals surface area contributed by atoms with Crippen LogP contribution in [-0.2, 0) is 0 Å². The maximum absolute atomic E-state index is 10.8. The molecule has 0 saturated carbocycles. The van der Waals surface area contributed by atoms with Crippen LogP contribution in [0.1, 0.15) is 9.67 Å². The van der Waals surface area contributed by atoms with E-state index in [1.54, 1.807) is 0 Å². The summed E-state index contributed by atoms with van der Waals surface area (Å²) in [4.78, 5) is 21.0. The van der Waals surface area contributed by atoms with Crippen LogP contribution in [-0.4, -0.2) is 16.0 Å². The topological polar surface area (TPSA) is 80.4 Å². The fourth-order valence-corrected chi connectivity index (χ4v) is 2.60. The average molecular weight is 258 g/mol. The van der Waals surface area contributed by atoms with Gasteiger partial charge in [0.2, 0.25) is 0 Å². The third kappa shape index (κ3) is 1.62. The quantitative estimate of drug-likeness (QED) is 0.662. The minimum absolute atomic E-state index is 0.0335. The SMILES string of the molecule is O=C(O)c1cc2c(Cl)ccc([N+](=O)[O-])c2s1. The molecule has 1 N–H and O–H groups in total. The summed E-state index contributed by atoms with van der Waals surface area (Å²) in [5.41, 5.74) is -0.128. The van der Waals surface area contributed by atoms with E-state index in [9.17, 15) is 14.9 Å². The van der Waals surface area contributed by atoms with Crippen LogP contribution in [0.25, 0.3) is 10.1 Å². The molecule has 82 valence electrons. The summed E-state index contributed by atoms with van der Waals surface area (Å²) in [6.45, 7) is 0. The Morgan fingerprint density at radius 1 is 1.50 bits per heavy atom. The van der Waals surface area contributed by atoms with E-state index in [4.69, 9.17) is 16.7 Å². The first-order chi connectivity index (χ1) is 7.50. The number of aromatic carboxylic acids is 1. The summed E-state index contributed by atoms with van der Waals surface area (Å²) in [7, 11) is 0. The van der Waals surface area contributed by atoms with Crippen LogP contribution in [0.5, 0.6) is 0 Å². The molecule has 5 nitrogen and oxygen atoms in total. The van der Waals surface area contributed by atoms with Gasteiger partial charge in [0.05, 0.1) is 4.92 Å². The first-order valence-corrected chi connectivity index (χ1v) is 5.30. The van der Waals surface area contributed by atoms with Gasteiger partial charge in [0.25, 0.3) is 5.69 Å². The number of nitro benzene ring substituents is 1. The minimum Gasteiger partial charge on any atom is -0.477 e. The van der Waals surface area contributed by atoms with Crippen LogP contribution in [0.15, 0.2) is 18.2 Å². The molecule has 0 spiro atoms. The first-order valence-electron chi connectivity index (χ1n) is 4.10. The van der Waals surface area contributed by atoms with Gasteiger partial charge >= 0.3 is 5.97 Å². The lowest BCUT2D eigenvalue weighted by Crippen LogP contribution is -1.89. The van der Waals surface area contributed by atoms with Crippen molar-refractivity contribution in [3.05, 3.63) is 38.2 Å². The van der Waals surface area contributed by atoms with Crippen molar-refractivity contribution in [1.29, 1.82) is 0 Å². The molecular formula is C9H4ClNO4S. The third-order valence-corrected chi connectivity index (χ3v) is 3.49. The van der Waals surface area contributed by atoms with Crippen LogP contribution in [0, 0.1) is 10.1 Å². The summed E-state index contributed by atoms with van der Waals surface area (Å²) in [5.74, 6) is -1.12. The fraction of sp³-hybridized carbons (Fsp3) is 0. The Balaban J connectivity index is 2.82. The van der Waals surface area contributed by atoms with Crippen molar-refractivity contribution < 1.29 is 14.8 Å². The number of halogens is 1. The number of benzene rings is 1. The molecule has 1 heterocycles. The molecule has 2 aromatic rings. The van der Waals surface area contributed by atoms with Crippen molar-refractivity contribution in [3.8, 4) is 0 Å². The number of carboxylic acids is 1. The third-order valence-electron chi connectivity index (χ3n) is 2.02. The van der Waals surface area contributed by atoms with Gasteiger partial charge in [0, 0.05) is 16.5 Å². The van der Waals surface area contributed by atoms with Gasteiger partial charge in [0.1, 0.15) is 9.58 Å². The highest BCUT2D eigenvalue weighted by molar-refractivity contribution is 7.21. The van der Waals surface area contributed by atoms with Gasteiger partial charge in [-0.1, -0.05) is 11.6 Å². The summed E-state index contributed by atoms with van der Waals surface area (Å²) in [6.07, 6.45) is 0. The Kier molecular flexibility index (Phi) is 2.53. The largest absolute Gasteiger partial charge is 0.477 e. The van der Waals surface area contributed by atoms with E-state index in [2.05, 4.69) is 0 Å². The number of nitrogens with zero attached hydrogens (tertiary/aromatic N) is 1. The van der Waals surface area contributed by atoms with Crippen LogP contribution >= 0.6 is 22.9 Å². The molecule has 0 amide bonds. The highest BCUT2D eigenvalue weighted by atomic mass is 35.5. The van der Waals surface area contributed by atoms with Crippen molar-refractivity contribution in [2.24, 2.45) is 0 Å². The monoisotopic (exact) mass is 257 g/mol. The Morgan fingerprint density at radius 3 is 2.75 bits per heavy atom. The molecule has 0 aliphatic heterocycles. The molecule has 16 heavy (non-hydrogen) atoms. The molecule has 7 heteroatoms. The number of nitro groups is 1. The molecule has 0 radical (unpaired) electrons. The molecule has 0 fully saturated rings. The summed E-state index contributed by atoms with van der Waals surface area (Å²) < 4.78 is 0.287. The number of thiophene rings is 1. The number of non-ortho nitro benzene ring substituents is 1. The van der Waals surface area contributed by atoms with Gasteiger partial charge in [-0.05, 0) is 12.1 Å². The van der Waals surface area contributed by atoms with Crippen LogP contribution < -0.4 is 0 Å². The minimum atomic E-state index is -1.12. The zero-order chi connectivity index (χ0) is 11.9. The fourth-order valence-electron chi connectivity index (χ4n) is 1.33. The van der Waals surface area contributed by atoms with Gasteiger partial charge in [0.15, 0.2) is 0 Å². The lowest BCUT2D eigenvalue weighted by molar-refractivity contribution is -0.382. The number of carboxylic acid groups (broad SMARTS) is 1. The van der Waals surface area contributed by atoms with Crippen molar-refractivity contribution in [2.75, 3.05) is 0 Å². The van der Waals surface area contributed by atoms with E-state index in [-0.39, 0.29) is 15.3 Å². The van der Waals surface area contributed by atoms with Crippen molar-refractivity contribution in [3.63, 3.8) is 0 Å². The second kappa shape index (κ2) is 3.73. The predicted octanol–water partition coefficient (Wildman–Crippen LogP) is 3.16. The molecule has 2 rings (SSSR count). The molecule has 0 aliphatic carbocycles. The number of carbonyl (C=O) groups is 1. The summed E-state index contributed by atoms with van der Waals surface area (Å²) >= 11 is 6.69. The van der Waals surface area contributed by atoms with Gasteiger partial charge in [-0.25, -0.2) is 4.79 Å². The Labute approximate surface area is 98.0 Å². The average Bonchev–Trinajstić information content (AvgIpc) is 2.62. The number of hydrogen-bond donors (Lipinski definition) is 1. The van der Waals surface area contributed by atoms with Crippen molar-refractivity contribution in [1.82, 2.24) is 0 Å². The molecule has 0 saturated heterocycles. The lowest BCUT2D eigenvalue weighted by atomic mass is 10.2. The normalized spacial score (nSPS) is 10.6. The van der Waals surface area contributed by atoms with Gasteiger partial charge < -0.3 is 5.11 Å². The first kappa shape index (κ1) is 10.8. The molecule has 1 aromatic carbocycles. The molecule has 0 unspecified atom stereocenters. The zero-order valence-corrected chi connectivity index (χ0v) is 9.21. The maximum atomic E-state index is 10.8. The van der Waals surface area contributed by atoms with E-state index in [0.29, 0.717) is 10.4 Å². The zero-order valence-electron chi connectivity index (χ0n) is 7.64. The van der Waals surface area contributed by atoms with Gasteiger partial charge in [-0.15, -0.1) is 11.3 Å². The van der Waals surface area contributed by atoms with E-state index in [1.807, 2.05) is 0 Å². The second-order valence-corrected chi connectivity index (χ2v) is 4.44. The van der Waals surface area contributed by atoms with Crippen molar-refractivity contribution >= 4 is 44.7 Å². The van der Waals surface area contributed by atoms with E-state index in [1.165, 1.54) is 18.2 Å².